The molecule has 0 radical (unpaired) electrons. The fourth-order valence-corrected chi connectivity index (χ4v) is 3.38. The normalized spacial score (nSPS) is 10.3. The Morgan fingerprint density at radius 1 is 0.771 bits per heavy atom. The molecular formula is C28H29BrO6. The average molecular weight is 541 g/mol. The molecule has 0 aliphatic rings. The van der Waals surface area contributed by atoms with Crippen molar-refractivity contribution in [3.05, 3.63) is 96.6 Å². The molecule has 0 spiro atoms. The van der Waals surface area contributed by atoms with Gasteiger partial charge in [0.2, 0.25) is 0 Å². The third-order valence-electron chi connectivity index (χ3n) is 4.40. The molecule has 0 heterocycles. The lowest BCUT2D eigenvalue weighted by Crippen LogP contribution is -2.06. The summed E-state index contributed by atoms with van der Waals surface area (Å²) in [6.45, 7) is 15.8. The molecular weight excluding hydrogens is 512 g/mol. The molecule has 0 N–H and O–H groups in total. The van der Waals surface area contributed by atoms with Crippen LogP contribution in [0.4, 0.5) is 0 Å². The Balaban J connectivity index is 2.46. The van der Waals surface area contributed by atoms with Crippen LogP contribution in [0.15, 0.2) is 85.4 Å². The topological polar surface area (TPSA) is 63.2 Å². The van der Waals surface area contributed by atoms with Crippen LogP contribution in [0.1, 0.15) is 15.9 Å². The second-order valence-corrected chi connectivity index (χ2v) is 7.72. The molecule has 0 amide bonds. The van der Waals surface area contributed by atoms with Crippen LogP contribution < -0.4 is 23.7 Å². The van der Waals surface area contributed by atoms with Gasteiger partial charge in [-0.3, -0.25) is 4.79 Å². The monoisotopic (exact) mass is 540 g/mol. The Labute approximate surface area is 214 Å². The Bertz CT molecular complexity index is 1070. The minimum atomic E-state index is -0.318. The maximum Gasteiger partial charge on any atom is 0.193 e. The Hall–Kier alpha value is -3.71. The van der Waals surface area contributed by atoms with Gasteiger partial charge >= 0.3 is 0 Å². The summed E-state index contributed by atoms with van der Waals surface area (Å²) in [5, 5.41) is 0. The summed E-state index contributed by atoms with van der Waals surface area (Å²) in [6, 6.07) is 6.85. The highest BCUT2D eigenvalue weighted by atomic mass is 79.9. The first-order valence-corrected chi connectivity index (χ1v) is 11.5. The van der Waals surface area contributed by atoms with Gasteiger partial charge < -0.3 is 23.7 Å². The third-order valence-corrected chi connectivity index (χ3v) is 5.18. The smallest absolute Gasteiger partial charge is 0.193 e. The summed E-state index contributed by atoms with van der Waals surface area (Å²) in [7, 11) is 1.48. The number of halogens is 1. The van der Waals surface area contributed by atoms with Gasteiger partial charge in [-0.05, 0) is 39.7 Å². The van der Waals surface area contributed by atoms with Crippen LogP contribution in [0, 0.1) is 0 Å². The Kier molecular flexibility index (Phi) is 11.4. The summed E-state index contributed by atoms with van der Waals surface area (Å²) in [6.07, 6.45) is 9.59. The first kappa shape index (κ1) is 27.5. The summed E-state index contributed by atoms with van der Waals surface area (Å²) in [5.74, 6) is 1.91. The van der Waals surface area contributed by atoms with Crippen LogP contribution in [0.5, 0.6) is 28.7 Å². The van der Waals surface area contributed by atoms with Gasteiger partial charge in [0.1, 0.15) is 65.2 Å². The number of rotatable bonds is 16. The van der Waals surface area contributed by atoms with Gasteiger partial charge in [0.15, 0.2) is 5.78 Å². The second-order valence-electron chi connectivity index (χ2n) is 6.93. The number of allylic oxidation sites excluding steroid dienone is 1. The maximum atomic E-state index is 13.3. The first-order chi connectivity index (χ1) is 17.0. The fourth-order valence-electron chi connectivity index (χ4n) is 2.92. The summed E-state index contributed by atoms with van der Waals surface area (Å²) in [4.78, 5) is 13.3. The van der Waals surface area contributed by atoms with E-state index in [-0.39, 0.29) is 18.0 Å². The lowest BCUT2D eigenvalue weighted by Gasteiger charge is -2.15. The standard InChI is InChI=1S/C28H29BrO6/c1-6-12-32-21-18-23(31-5)27(24(19-21)33-13-7-2)22(30)11-10-20-16-25(34-14-8-3)28(29)26(17-20)35-15-9-4/h6-11,16-19H,1-4,12-15H2,5H3/b11-10+. The van der Waals surface area contributed by atoms with E-state index in [1.165, 1.54) is 13.2 Å². The van der Waals surface area contributed by atoms with E-state index in [2.05, 4.69) is 42.2 Å². The molecule has 0 atom stereocenters. The van der Waals surface area contributed by atoms with Crippen molar-refractivity contribution in [2.24, 2.45) is 0 Å². The van der Waals surface area contributed by atoms with E-state index in [1.54, 1.807) is 54.6 Å². The van der Waals surface area contributed by atoms with Crippen molar-refractivity contribution < 1.29 is 28.5 Å². The van der Waals surface area contributed by atoms with Crippen molar-refractivity contribution in [3.63, 3.8) is 0 Å². The van der Waals surface area contributed by atoms with E-state index in [1.807, 2.05) is 0 Å². The van der Waals surface area contributed by atoms with E-state index in [0.717, 1.165) is 0 Å². The van der Waals surface area contributed by atoms with Gasteiger partial charge in [-0.2, -0.15) is 0 Å². The lowest BCUT2D eigenvalue weighted by molar-refractivity contribution is 0.104. The molecule has 0 fully saturated rings. The van der Waals surface area contributed by atoms with Gasteiger partial charge in [0.05, 0.1) is 7.11 Å². The minimum Gasteiger partial charge on any atom is -0.496 e. The zero-order chi connectivity index (χ0) is 25.6. The van der Waals surface area contributed by atoms with Crippen molar-refractivity contribution in [2.45, 2.75) is 0 Å². The van der Waals surface area contributed by atoms with Crippen molar-refractivity contribution in [2.75, 3.05) is 33.5 Å². The van der Waals surface area contributed by atoms with Crippen molar-refractivity contribution in [3.8, 4) is 28.7 Å². The van der Waals surface area contributed by atoms with Gasteiger partial charge in [0.25, 0.3) is 0 Å². The van der Waals surface area contributed by atoms with Crippen LogP contribution >= 0.6 is 15.9 Å². The molecule has 35 heavy (non-hydrogen) atoms. The number of ketones is 1. The van der Waals surface area contributed by atoms with Gasteiger partial charge in [0, 0.05) is 12.1 Å². The van der Waals surface area contributed by atoms with E-state index in [0.29, 0.717) is 58.6 Å². The molecule has 0 bridgehead atoms. The molecule has 2 aromatic rings. The molecule has 0 aliphatic carbocycles. The van der Waals surface area contributed by atoms with Crippen molar-refractivity contribution >= 4 is 27.8 Å². The molecule has 0 aromatic heterocycles. The molecule has 0 unspecified atom stereocenters. The Morgan fingerprint density at radius 3 is 1.77 bits per heavy atom. The number of benzene rings is 2. The highest BCUT2D eigenvalue weighted by molar-refractivity contribution is 9.10. The number of carbonyl (C=O) groups is 1. The van der Waals surface area contributed by atoms with Crippen LogP contribution in [0.3, 0.4) is 0 Å². The zero-order valence-corrected chi connectivity index (χ0v) is 21.3. The second kappa shape index (κ2) is 14.5. The molecule has 2 aromatic carbocycles. The van der Waals surface area contributed by atoms with E-state index in [4.69, 9.17) is 23.7 Å². The largest absolute Gasteiger partial charge is 0.496 e. The highest BCUT2D eigenvalue weighted by Gasteiger charge is 2.19. The SMILES string of the molecule is C=CCOc1cc(OC)c(C(=O)/C=C/c2cc(OCC=C)c(Br)c(OCC=C)c2)c(OCC=C)c1. The van der Waals surface area contributed by atoms with Crippen LogP contribution in [0.2, 0.25) is 0 Å². The molecule has 0 aliphatic heterocycles. The third kappa shape index (κ3) is 7.93. The molecule has 6 nitrogen and oxygen atoms in total. The molecule has 184 valence electrons. The number of carbonyl (C=O) groups excluding carboxylic acids is 1. The predicted octanol–water partition coefficient (Wildman–Crippen LogP) is 6.61. The van der Waals surface area contributed by atoms with Crippen LogP contribution in [-0.2, 0) is 0 Å². The van der Waals surface area contributed by atoms with Crippen LogP contribution in [-0.4, -0.2) is 39.3 Å². The van der Waals surface area contributed by atoms with Crippen molar-refractivity contribution in [1.29, 1.82) is 0 Å². The quantitative estimate of drug-likeness (QED) is 0.135. The maximum absolute atomic E-state index is 13.3. The lowest BCUT2D eigenvalue weighted by atomic mass is 10.1. The minimum absolute atomic E-state index is 0.207. The molecule has 0 saturated carbocycles. The average Bonchev–Trinajstić information content (AvgIpc) is 2.87. The number of ether oxygens (including phenoxy) is 5. The zero-order valence-electron chi connectivity index (χ0n) is 19.8. The summed E-state index contributed by atoms with van der Waals surface area (Å²) in [5.41, 5.74) is 0.957. The van der Waals surface area contributed by atoms with Crippen molar-refractivity contribution in [1.82, 2.24) is 0 Å². The summed E-state index contributed by atoms with van der Waals surface area (Å²) < 4.78 is 28.9. The van der Waals surface area contributed by atoms with E-state index in [9.17, 15) is 4.79 Å². The molecule has 2 rings (SSSR count). The number of hydrogen-bond acceptors (Lipinski definition) is 6. The van der Waals surface area contributed by atoms with E-state index >= 15 is 0 Å². The number of hydrogen-bond donors (Lipinski definition) is 0. The Morgan fingerprint density at radius 2 is 1.26 bits per heavy atom. The van der Waals surface area contributed by atoms with Gasteiger partial charge in [-0.1, -0.05) is 56.7 Å². The predicted molar refractivity (Wildman–Crippen MR) is 143 cm³/mol. The first-order valence-electron chi connectivity index (χ1n) is 10.7. The summed E-state index contributed by atoms with van der Waals surface area (Å²) >= 11 is 3.50. The van der Waals surface area contributed by atoms with Crippen LogP contribution in [0.25, 0.3) is 6.08 Å². The molecule has 7 heteroatoms. The number of methoxy groups -OCH3 is 1. The molecule has 0 saturated heterocycles. The highest BCUT2D eigenvalue weighted by Crippen LogP contribution is 2.38. The van der Waals surface area contributed by atoms with E-state index < -0.39 is 0 Å². The van der Waals surface area contributed by atoms with Gasteiger partial charge in [-0.15, -0.1) is 0 Å². The fraction of sp³-hybridized carbons (Fsp3) is 0.179. The van der Waals surface area contributed by atoms with Gasteiger partial charge in [-0.25, -0.2) is 0 Å².